The molecule has 0 atom stereocenters. The first-order valence-electron chi connectivity index (χ1n) is 7.62. The van der Waals surface area contributed by atoms with Gasteiger partial charge in [0, 0.05) is 12.6 Å². The Balaban J connectivity index is 1.81. The highest BCUT2D eigenvalue weighted by molar-refractivity contribution is 7.17. The minimum absolute atomic E-state index is 0.0279. The van der Waals surface area contributed by atoms with Gasteiger partial charge in [-0.25, -0.2) is 4.98 Å². The molecule has 0 aliphatic heterocycles. The van der Waals surface area contributed by atoms with Crippen molar-refractivity contribution in [3.05, 3.63) is 46.5 Å². The Morgan fingerprint density at radius 3 is 2.68 bits per heavy atom. The van der Waals surface area contributed by atoms with Gasteiger partial charge in [-0.15, -0.1) is 0 Å². The number of amides is 1. The SMILES string of the molecule is Cc1nc(NC(C)C)sc1C(=O)NCCCc1ccccc1. The van der Waals surface area contributed by atoms with Crippen molar-refractivity contribution in [1.82, 2.24) is 10.3 Å². The molecule has 1 aromatic carbocycles. The first kappa shape index (κ1) is 16.5. The molecular weight excluding hydrogens is 294 g/mol. The van der Waals surface area contributed by atoms with E-state index in [0.717, 1.165) is 23.7 Å². The number of thiazole rings is 1. The average molecular weight is 317 g/mol. The van der Waals surface area contributed by atoms with Crippen molar-refractivity contribution in [1.29, 1.82) is 0 Å². The van der Waals surface area contributed by atoms with Crippen LogP contribution in [0.5, 0.6) is 0 Å². The number of anilines is 1. The van der Waals surface area contributed by atoms with Gasteiger partial charge in [-0.1, -0.05) is 41.7 Å². The first-order chi connectivity index (χ1) is 10.6. The lowest BCUT2D eigenvalue weighted by molar-refractivity contribution is 0.0956. The minimum Gasteiger partial charge on any atom is -0.359 e. The van der Waals surface area contributed by atoms with Crippen molar-refractivity contribution in [2.45, 2.75) is 39.7 Å². The summed E-state index contributed by atoms with van der Waals surface area (Å²) in [6.45, 7) is 6.67. The topological polar surface area (TPSA) is 54.0 Å². The number of nitrogens with zero attached hydrogens (tertiary/aromatic N) is 1. The number of aryl methyl sites for hydroxylation is 2. The van der Waals surface area contributed by atoms with Crippen LogP contribution in [0.3, 0.4) is 0 Å². The predicted molar refractivity (Wildman–Crippen MR) is 92.7 cm³/mol. The summed E-state index contributed by atoms with van der Waals surface area (Å²) in [5, 5.41) is 7.02. The molecule has 2 N–H and O–H groups in total. The molecule has 2 aromatic rings. The molecular formula is C17H23N3OS. The van der Waals surface area contributed by atoms with Crippen LogP contribution in [0.2, 0.25) is 0 Å². The lowest BCUT2D eigenvalue weighted by Crippen LogP contribution is -2.24. The van der Waals surface area contributed by atoms with Crippen molar-refractivity contribution >= 4 is 22.4 Å². The van der Waals surface area contributed by atoms with Gasteiger partial charge in [0.25, 0.3) is 5.91 Å². The number of nitrogens with one attached hydrogen (secondary N) is 2. The van der Waals surface area contributed by atoms with Crippen LogP contribution in [0, 0.1) is 6.92 Å². The normalized spacial score (nSPS) is 10.7. The zero-order valence-electron chi connectivity index (χ0n) is 13.3. The van der Waals surface area contributed by atoms with Crippen LogP contribution in [0.4, 0.5) is 5.13 Å². The number of benzene rings is 1. The van der Waals surface area contributed by atoms with E-state index in [1.54, 1.807) is 0 Å². The van der Waals surface area contributed by atoms with Crippen LogP contribution in [0.25, 0.3) is 0 Å². The third-order valence-electron chi connectivity index (χ3n) is 3.19. The van der Waals surface area contributed by atoms with E-state index in [9.17, 15) is 4.79 Å². The van der Waals surface area contributed by atoms with Gasteiger partial charge in [0.1, 0.15) is 4.88 Å². The monoisotopic (exact) mass is 317 g/mol. The van der Waals surface area contributed by atoms with Crippen LogP contribution >= 0.6 is 11.3 Å². The van der Waals surface area contributed by atoms with Crippen molar-refractivity contribution in [2.24, 2.45) is 0 Å². The number of carbonyl (C=O) groups is 1. The Hall–Kier alpha value is -1.88. The highest BCUT2D eigenvalue weighted by Gasteiger charge is 2.15. The zero-order chi connectivity index (χ0) is 15.9. The minimum atomic E-state index is -0.0279. The molecule has 0 spiro atoms. The predicted octanol–water partition coefficient (Wildman–Crippen LogP) is 3.63. The summed E-state index contributed by atoms with van der Waals surface area (Å²) >= 11 is 1.42. The van der Waals surface area contributed by atoms with E-state index in [1.165, 1.54) is 16.9 Å². The number of aromatic nitrogens is 1. The van der Waals surface area contributed by atoms with Crippen LogP contribution < -0.4 is 10.6 Å². The van der Waals surface area contributed by atoms with Crippen molar-refractivity contribution in [3.8, 4) is 0 Å². The largest absolute Gasteiger partial charge is 0.359 e. The van der Waals surface area contributed by atoms with Crippen LogP contribution in [-0.4, -0.2) is 23.5 Å². The molecule has 0 radical (unpaired) electrons. The summed E-state index contributed by atoms with van der Waals surface area (Å²) in [5.41, 5.74) is 2.09. The molecule has 0 aliphatic carbocycles. The second-order valence-electron chi connectivity index (χ2n) is 5.58. The molecule has 22 heavy (non-hydrogen) atoms. The number of hydrogen-bond donors (Lipinski definition) is 2. The lowest BCUT2D eigenvalue weighted by Gasteiger charge is -2.05. The maximum absolute atomic E-state index is 12.2. The molecule has 0 aliphatic rings. The Kier molecular flexibility index (Phi) is 5.95. The molecule has 118 valence electrons. The standard InChI is InChI=1S/C17H23N3OS/c1-12(2)19-17-20-13(3)15(22-17)16(21)18-11-7-10-14-8-5-4-6-9-14/h4-6,8-9,12H,7,10-11H2,1-3H3,(H,18,21)(H,19,20). The molecule has 0 unspecified atom stereocenters. The quantitative estimate of drug-likeness (QED) is 0.767. The van der Waals surface area contributed by atoms with Crippen LogP contribution in [0.1, 0.15) is 41.2 Å². The maximum atomic E-state index is 12.2. The second kappa shape index (κ2) is 7.94. The van der Waals surface area contributed by atoms with Gasteiger partial charge in [-0.3, -0.25) is 4.79 Å². The number of carbonyl (C=O) groups excluding carboxylic acids is 1. The van der Waals surface area contributed by atoms with Crippen LogP contribution in [-0.2, 0) is 6.42 Å². The maximum Gasteiger partial charge on any atom is 0.263 e. The fourth-order valence-corrected chi connectivity index (χ4v) is 3.16. The highest BCUT2D eigenvalue weighted by atomic mass is 32.1. The van der Waals surface area contributed by atoms with Gasteiger partial charge in [0.15, 0.2) is 5.13 Å². The summed E-state index contributed by atoms with van der Waals surface area (Å²) < 4.78 is 0. The fourth-order valence-electron chi connectivity index (χ4n) is 2.14. The average Bonchev–Trinajstić information content (AvgIpc) is 2.84. The fraction of sp³-hybridized carbons (Fsp3) is 0.412. The molecule has 1 heterocycles. The zero-order valence-corrected chi connectivity index (χ0v) is 14.2. The van der Waals surface area contributed by atoms with Gasteiger partial charge < -0.3 is 10.6 Å². The second-order valence-corrected chi connectivity index (χ2v) is 6.58. The van der Waals surface area contributed by atoms with E-state index < -0.39 is 0 Å². The van der Waals surface area contributed by atoms with E-state index in [1.807, 2.05) is 25.1 Å². The Labute approximate surface area is 136 Å². The molecule has 4 nitrogen and oxygen atoms in total. The van der Waals surface area contributed by atoms with E-state index in [4.69, 9.17) is 0 Å². The van der Waals surface area contributed by atoms with Crippen LogP contribution in [0.15, 0.2) is 30.3 Å². The number of hydrogen-bond acceptors (Lipinski definition) is 4. The summed E-state index contributed by atoms with van der Waals surface area (Å²) in [6, 6.07) is 10.6. The van der Waals surface area contributed by atoms with Gasteiger partial charge in [-0.2, -0.15) is 0 Å². The van der Waals surface area contributed by atoms with E-state index >= 15 is 0 Å². The lowest BCUT2D eigenvalue weighted by atomic mass is 10.1. The molecule has 2 rings (SSSR count). The Morgan fingerprint density at radius 2 is 2.00 bits per heavy atom. The molecule has 0 fully saturated rings. The van der Waals surface area contributed by atoms with Gasteiger partial charge in [0.05, 0.1) is 5.69 Å². The molecule has 1 amide bonds. The van der Waals surface area contributed by atoms with Gasteiger partial charge in [-0.05, 0) is 39.2 Å². The Bertz CT molecular complexity index is 608. The third kappa shape index (κ3) is 4.84. The first-order valence-corrected chi connectivity index (χ1v) is 8.44. The third-order valence-corrected chi connectivity index (χ3v) is 4.27. The smallest absolute Gasteiger partial charge is 0.263 e. The van der Waals surface area contributed by atoms with Crippen molar-refractivity contribution in [2.75, 3.05) is 11.9 Å². The summed E-state index contributed by atoms with van der Waals surface area (Å²) in [5.74, 6) is -0.0279. The molecule has 5 heteroatoms. The van der Waals surface area contributed by atoms with E-state index in [2.05, 4.69) is 41.6 Å². The van der Waals surface area contributed by atoms with E-state index in [0.29, 0.717) is 17.5 Å². The summed E-state index contributed by atoms with van der Waals surface area (Å²) in [4.78, 5) is 17.3. The van der Waals surface area contributed by atoms with Gasteiger partial charge in [0.2, 0.25) is 0 Å². The summed E-state index contributed by atoms with van der Waals surface area (Å²) in [7, 11) is 0. The number of rotatable bonds is 7. The van der Waals surface area contributed by atoms with Crippen molar-refractivity contribution < 1.29 is 4.79 Å². The summed E-state index contributed by atoms with van der Waals surface area (Å²) in [6.07, 6.45) is 1.91. The van der Waals surface area contributed by atoms with E-state index in [-0.39, 0.29) is 5.91 Å². The molecule has 0 bridgehead atoms. The molecule has 0 saturated heterocycles. The molecule has 0 saturated carbocycles. The van der Waals surface area contributed by atoms with Gasteiger partial charge >= 0.3 is 0 Å². The van der Waals surface area contributed by atoms with Crippen molar-refractivity contribution in [3.63, 3.8) is 0 Å². The Morgan fingerprint density at radius 1 is 1.27 bits per heavy atom. The molecule has 1 aromatic heterocycles. The highest BCUT2D eigenvalue weighted by Crippen LogP contribution is 2.22.